The number of rotatable bonds is 7. The van der Waals surface area contributed by atoms with Gasteiger partial charge in [-0.05, 0) is 42.7 Å². The molecular formula is C21H25N3O4S. The van der Waals surface area contributed by atoms with Crippen LogP contribution in [-0.4, -0.2) is 45.4 Å². The monoisotopic (exact) mass is 415 g/mol. The average Bonchev–Trinajstić information content (AvgIpc) is 3.03. The third-order valence-corrected chi connectivity index (χ3v) is 6.68. The highest BCUT2D eigenvalue weighted by Gasteiger charge is 2.30. The SMILES string of the molecule is C=C(NOCC(=O)N1c2ccccc2C[C@H]1C)c1ccc(S(=O)(=O)N(C)C)cc1. The molecule has 0 aliphatic carbocycles. The highest BCUT2D eigenvalue weighted by molar-refractivity contribution is 7.89. The first-order valence-corrected chi connectivity index (χ1v) is 10.7. The molecule has 8 heteroatoms. The van der Waals surface area contributed by atoms with E-state index in [0.29, 0.717) is 11.3 Å². The lowest BCUT2D eigenvalue weighted by molar-refractivity contribution is -0.125. The minimum absolute atomic E-state index is 0.0814. The second kappa shape index (κ2) is 8.36. The summed E-state index contributed by atoms with van der Waals surface area (Å²) in [6.07, 6.45) is 0.824. The number of amides is 1. The maximum atomic E-state index is 12.6. The minimum Gasteiger partial charge on any atom is -0.307 e. The number of anilines is 1. The molecule has 2 aromatic rings. The first-order valence-electron chi connectivity index (χ1n) is 9.21. The zero-order valence-corrected chi connectivity index (χ0v) is 17.6. The topological polar surface area (TPSA) is 79.0 Å². The Morgan fingerprint density at radius 2 is 1.86 bits per heavy atom. The van der Waals surface area contributed by atoms with Crippen LogP contribution in [0.25, 0.3) is 5.70 Å². The van der Waals surface area contributed by atoms with Gasteiger partial charge in [0.25, 0.3) is 5.91 Å². The maximum Gasteiger partial charge on any atom is 0.255 e. The number of carbonyl (C=O) groups excluding carboxylic acids is 1. The molecule has 1 atom stereocenters. The van der Waals surface area contributed by atoms with Gasteiger partial charge in [-0.3, -0.25) is 15.1 Å². The van der Waals surface area contributed by atoms with E-state index in [-0.39, 0.29) is 23.5 Å². The lowest BCUT2D eigenvalue weighted by Gasteiger charge is -2.22. The highest BCUT2D eigenvalue weighted by Crippen LogP contribution is 2.31. The first-order chi connectivity index (χ1) is 13.7. The minimum atomic E-state index is -3.48. The number of fused-ring (bicyclic) bond motifs is 1. The summed E-state index contributed by atoms with van der Waals surface area (Å²) in [5.41, 5.74) is 5.84. The molecule has 29 heavy (non-hydrogen) atoms. The number of carbonyl (C=O) groups is 1. The van der Waals surface area contributed by atoms with Gasteiger partial charge in [-0.2, -0.15) is 0 Å². The average molecular weight is 416 g/mol. The Morgan fingerprint density at radius 3 is 2.52 bits per heavy atom. The van der Waals surface area contributed by atoms with E-state index >= 15 is 0 Å². The molecule has 0 unspecified atom stereocenters. The van der Waals surface area contributed by atoms with Crippen LogP contribution in [0.15, 0.2) is 60.0 Å². The summed E-state index contributed by atoms with van der Waals surface area (Å²) in [5.74, 6) is -0.143. The summed E-state index contributed by atoms with van der Waals surface area (Å²) < 4.78 is 25.4. The van der Waals surface area contributed by atoms with Crippen molar-refractivity contribution in [3.8, 4) is 0 Å². The van der Waals surface area contributed by atoms with Gasteiger partial charge in [0, 0.05) is 25.8 Å². The van der Waals surface area contributed by atoms with Crippen LogP contribution in [0.5, 0.6) is 0 Å². The quantitative estimate of drug-likeness (QED) is 0.703. The summed E-state index contributed by atoms with van der Waals surface area (Å²) in [7, 11) is -0.524. The molecule has 0 radical (unpaired) electrons. The Labute approximate surface area is 171 Å². The molecule has 0 spiro atoms. The molecule has 0 bridgehead atoms. The number of hydrogen-bond donors (Lipinski definition) is 1. The summed E-state index contributed by atoms with van der Waals surface area (Å²) >= 11 is 0. The summed E-state index contributed by atoms with van der Waals surface area (Å²) in [6, 6.07) is 14.2. The molecule has 0 saturated carbocycles. The summed E-state index contributed by atoms with van der Waals surface area (Å²) in [4.78, 5) is 19.9. The van der Waals surface area contributed by atoms with Gasteiger partial charge in [-0.15, -0.1) is 0 Å². The van der Waals surface area contributed by atoms with Crippen LogP contribution in [-0.2, 0) is 26.1 Å². The van der Waals surface area contributed by atoms with E-state index in [9.17, 15) is 13.2 Å². The molecule has 0 aromatic heterocycles. The molecule has 2 aromatic carbocycles. The number of hydroxylamine groups is 1. The highest BCUT2D eigenvalue weighted by atomic mass is 32.2. The third kappa shape index (κ3) is 4.34. The van der Waals surface area contributed by atoms with Crippen LogP contribution in [0, 0.1) is 0 Å². The van der Waals surface area contributed by atoms with Gasteiger partial charge in [0.1, 0.15) is 0 Å². The van der Waals surface area contributed by atoms with E-state index < -0.39 is 10.0 Å². The second-order valence-corrected chi connectivity index (χ2v) is 9.28. The molecule has 0 fully saturated rings. The predicted molar refractivity (Wildman–Crippen MR) is 113 cm³/mol. The fourth-order valence-corrected chi connectivity index (χ4v) is 4.20. The fourth-order valence-electron chi connectivity index (χ4n) is 3.30. The largest absolute Gasteiger partial charge is 0.307 e. The molecule has 1 amide bonds. The number of sulfonamides is 1. The van der Waals surface area contributed by atoms with E-state index in [1.807, 2.05) is 31.2 Å². The van der Waals surface area contributed by atoms with Crippen molar-refractivity contribution < 1.29 is 18.0 Å². The van der Waals surface area contributed by atoms with Crippen molar-refractivity contribution in [2.75, 3.05) is 25.6 Å². The summed E-state index contributed by atoms with van der Waals surface area (Å²) in [6.45, 7) is 5.74. The molecule has 1 heterocycles. The number of nitrogens with zero attached hydrogens (tertiary/aromatic N) is 2. The van der Waals surface area contributed by atoms with Crippen LogP contribution in [0.2, 0.25) is 0 Å². The normalized spacial score (nSPS) is 16.0. The second-order valence-electron chi connectivity index (χ2n) is 7.13. The van der Waals surface area contributed by atoms with Crippen molar-refractivity contribution in [1.29, 1.82) is 0 Å². The van der Waals surface area contributed by atoms with Gasteiger partial charge in [-0.25, -0.2) is 12.7 Å². The maximum absolute atomic E-state index is 12.6. The van der Waals surface area contributed by atoms with Crippen molar-refractivity contribution in [2.24, 2.45) is 0 Å². The van der Waals surface area contributed by atoms with Crippen molar-refractivity contribution in [3.05, 3.63) is 66.2 Å². The third-order valence-electron chi connectivity index (χ3n) is 4.85. The standard InChI is InChI=1S/C21H25N3O4S/c1-15-13-18-7-5-6-8-20(18)24(15)21(25)14-28-22-16(2)17-9-11-19(12-10-17)29(26,27)23(3)4/h5-12,15,22H,2,13-14H2,1,3-4H3/t15-/m1/s1. The molecule has 1 aliphatic heterocycles. The van der Waals surface area contributed by atoms with Gasteiger partial charge < -0.3 is 4.90 Å². The number of benzene rings is 2. The number of hydrogen-bond acceptors (Lipinski definition) is 5. The molecule has 1 N–H and O–H groups in total. The van der Waals surface area contributed by atoms with Crippen molar-refractivity contribution in [1.82, 2.24) is 9.79 Å². The van der Waals surface area contributed by atoms with Crippen LogP contribution in [0.4, 0.5) is 5.69 Å². The van der Waals surface area contributed by atoms with Crippen LogP contribution >= 0.6 is 0 Å². The van der Waals surface area contributed by atoms with E-state index in [0.717, 1.165) is 22.0 Å². The Bertz CT molecular complexity index is 1020. The molecule has 7 nitrogen and oxygen atoms in total. The Kier molecular flexibility index (Phi) is 6.07. The van der Waals surface area contributed by atoms with Gasteiger partial charge in [-0.1, -0.05) is 36.9 Å². The van der Waals surface area contributed by atoms with Crippen LogP contribution < -0.4 is 10.4 Å². The van der Waals surface area contributed by atoms with E-state index in [4.69, 9.17) is 4.84 Å². The van der Waals surface area contributed by atoms with Crippen molar-refractivity contribution in [3.63, 3.8) is 0 Å². The van der Waals surface area contributed by atoms with Crippen molar-refractivity contribution in [2.45, 2.75) is 24.3 Å². The van der Waals surface area contributed by atoms with Gasteiger partial charge in [0.2, 0.25) is 10.0 Å². The van der Waals surface area contributed by atoms with Crippen molar-refractivity contribution >= 4 is 27.3 Å². The molecule has 1 aliphatic rings. The van der Waals surface area contributed by atoms with Crippen LogP contribution in [0.1, 0.15) is 18.1 Å². The first kappa shape index (κ1) is 21.0. The van der Waals surface area contributed by atoms with Gasteiger partial charge in [0.05, 0.1) is 10.6 Å². The van der Waals surface area contributed by atoms with Crippen LogP contribution in [0.3, 0.4) is 0 Å². The Hall–Kier alpha value is -2.68. The van der Waals surface area contributed by atoms with Gasteiger partial charge in [0.15, 0.2) is 6.61 Å². The van der Waals surface area contributed by atoms with Gasteiger partial charge >= 0.3 is 0 Å². The Morgan fingerprint density at radius 1 is 1.21 bits per heavy atom. The van der Waals surface area contributed by atoms with E-state index in [2.05, 4.69) is 12.1 Å². The number of nitrogens with one attached hydrogen (secondary N) is 1. The zero-order valence-electron chi connectivity index (χ0n) is 16.8. The zero-order chi connectivity index (χ0) is 21.2. The van der Waals surface area contributed by atoms with E-state index in [1.165, 1.54) is 26.2 Å². The lowest BCUT2D eigenvalue weighted by atomic mass is 10.1. The molecule has 3 rings (SSSR count). The summed E-state index contributed by atoms with van der Waals surface area (Å²) in [5, 5.41) is 0. The lowest BCUT2D eigenvalue weighted by Crippen LogP contribution is -2.39. The number of para-hydroxylation sites is 1. The smallest absolute Gasteiger partial charge is 0.255 e. The van der Waals surface area contributed by atoms with E-state index in [1.54, 1.807) is 17.0 Å². The Balaban J connectivity index is 1.57. The fraction of sp³-hybridized carbons (Fsp3) is 0.286. The molecule has 154 valence electrons. The molecular weight excluding hydrogens is 390 g/mol. The predicted octanol–water partition coefficient (Wildman–Crippen LogP) is 2.41. The molecule has 0 saturated heterocycles.